The van der Waals surface area contributed by atoms with E-state index in [-0.39, 0.29) is 16.7 Å². The molecule has 1 aromatic heterocycles. The molecule has 0 spiro atoms. The first kappa shape index (κ1) is 16.5. The van der Waals surface area contributed by atoms with E-state index in [0.717, 1.165) is 29.1 Å². The van der Waals surface area contributed by atoms with Crippen LogP contribution in [-0.2, 0) is 6.42 Å². The lowest BCUT2D eigenvalue weighted by Crippen LogP contribution is -2.24. The van der Waals surface area contributed by atoms with E-state index >= 15 is 0 Å². The Kier molecular flexibility index (Phi) is 4.87. The zero-order valence-electron chi connectivity index (χ0n) is 13.7. The Morgan fingerprint density at radius 1 is 1.21 bits per heavy atom. The van der Waals surface area contributed by atoms with Gasteiger partial charge in [-0.1, -0.05) is 24.3 Å². The minimum Gasteiger partial charge on any atom is -0.297 e. The van der Waals surface area contributed by atoms with E-state index in [1.807, 2.05) is 30.3 Å². The first-order valence-corrected chi connectivity index (χ1v) is 8.65. The second kappa shape index (κ2) is 7.07. The Balaban J connectivity index is 1.63. The van der Waals surface area contributed by atoms with Crippen LogP contribution in [0.2, 0.25) is 0 Å². The Labute approximate surface area is 144 Å². The molecule has 0 fully saturated rings. The number of rotatable bonds is 6. The van der Waals surface area contributed by atoms with Crippen molar-refractivity contribution >= 4 is 27.2 Å². The third-order valence-electron chi connectivity index (χ3n) is 4.23. The van der Waals surface area contributed by atoms with E-state index in [1.54, 1.807) is 23.5 Å². The minimum absolute atomic E-state index is 0.134. The minimum atomic E-state index is -0.370. The number of hydrogen-bond acceptors (Lipinski definition) is 5. The summed E-state index contributed by atoms with van der Waals surface area (Å²) >= 11 is 1.73. The highest BCUT2D eigenvalue weighted by molar-refractivity contribution is 7.18. The van der Waals surface area contributed by atoms with Crippen LogP contribution in [0.4, 0.5) is 5.69 Å². The molecule has 124 valence electrons. The summed E-state index contributed by atoms with van der Waals surface area (Å²) in [6.45, 7) is 3.03. The molecule has 0 aliphatic heterocycles. The van der Waals surface area contributed by atoms with Gasteiger partial charge in [0.15, 0.2) is 0 Å². The van der Waals surface area contributed by atoms with Gasteiger partial charge in [0.25, 0.3) is 5.69 Å². The molecule has 2 aromatic carbocycles. The second-order valence-corrected chi connectivity index (χ2v) is 6.91. The van der Waals surface area contributed by atoms with E-state index in [0.29, 0.717) is 0 Å². The first-order valence-electron chi connectivity index (χ1n) is 7.83. The standard InChI is InChI=1S/C18H19N3O2S/c1-13(18-19-16-5-3-4-6-17(16)24-18)20(2)12-11-14-7-9-15(10-8-14)21(22)23/h3-10,13H,11-12H2,1-2H3. The number of benzene rings is 2. The predicted octanol–water partition coefficient (Wildman–Crippen LogP) is 4.44. The van der Waals surface area contributed by atoms with Crippen molar-refractivity contribution in [2.24, 2.45) is 0 Å². The lowest BCUT2D eigenvalue weighted by molar-refractivity contribution is -0.384. The van der Waals surface area contributed by atoms with Crippen molar-refractivity contribution in [3.05, 3.63) is 69.2 Å². The molecule has 0 bridgehead atoms. The van der Waals surface area contributed by atoms with Gasteiger partial charge >= 0.3 is 0 Å². The third kappa shape index (κ3) is 3.60. The van der Waals surface area contributed by atoms with Crippen LogP contribution in [0, 0.1) is 10.1 Å². The predicted molar refractivity (Wildman–Crippen MR) is 97.5 cm³/mol. The van der Waals surface area contributed by atoms with Crippen molar-refractivity contribution in [3.8, 4) is 0 Å². The molecule has 6 heteroatoms. The number of aromatic nitrogens is 1. The van der Waals surface area contributed by atoms with Crippen LogP contribution in [0.3, 0.4) is 0 Å². The summed E-state index contributed by atoms with van der Waals surface area (Å²) in [5.74, 6) is 0. The van der Waals surface area contributed by atoms with Crippen LogP contribution in [-0.4, -0.2) is 28.4 Å². The number of thiazole rings is 1. The Morgan fingerprint density at radius 2 is 1.92 bits per heavy atom. The van der Waals surface area contributed by atoms with E-state index in [4.69, 9.17) is 4.98 Å². The monoisotopic (exact) mass is 341 g/mol. The lowest BCUT2D eigenvalue weighted by atomic mass is 10.1. The summed E-state index contributed by atoms with van der Waals surface area (Å²) in [7, 11) is 2.09. The largest absolute Gasteiger partial charge is 0.297 e. The molecule has 3 rings (SSSR count). The van der Waals surface area contributed by atoms with Crippen LogP contribution in [0.1, 0.15) is 23.5 Å². The Morgan fingerprint density at radius 3 is 2.58 bits per heavy atom. The van der Waals surface area contributed by atoms with Gasteiger partial charge < -0.3 is 0 Å². The molecule has 0 amide bonds. The molecule has 24 heavy (non-hydrogen) atoms. The molecule has 0 aliphatic rings. The molecular weight excluding hydrogens is 322 g/mol. The average molecular weight is 341 g/mol. The summed E-state index contributed by atoms with van der Waals surface area (Å²) in [6, 6.07) is 15.2. The van der Waals surface area contributed by atoms with Gasteiger partial charge in [-0.15, -0.1) is 11.3 Å². The van der Waals surface area contributed by atoms with Gasteiger partial charge in [-0.05, 0) is 38.1 Å². The third-order valence-corrected chi connectivity index (χ3v) is 5.44. The summed E-state index contributed by atoms with van der Waals surface area (Å²) in [5.41, 5.74) is 2.28. The summed E-state index contributed by atoms with van der Waals surface area (Å²) in [6.07, 6.45) is 0.851. The highest BCUT2D eigenvalue weighted by Gasteiger charge is 2.16. The molecule has 5 nitrogen and oxygen atoms in total. The van der Waals surface area contributed by atoms with Crippen LogP contribution >= 0.6 is 11.3 Å². The van der Waals surface area contributed by atoms with Crippen molar-refractivity contribution in [2.75, 3.05) is 13.6 Å². The van der Waals surface area contributed by atoms with Crippen molar-refractivity contribution in [1.82, 2.24) is 9.88 Å². The first-order chi connectivity index (χ1) is 11.5. The number of nitro groups is 1. The van der Waals surface area contributed by atoms with E-state index in [1.165, 1.54) is 4.70 Å². The number of hydrogen-bond donors (Lipinski definition) is 0. The molecule has 0 aliphatic carbocycles. The molecular formula is C18H19N3O2S. The normalized spacial score (nSPS) is 12.6. The fourth-order valence-electron chi connectivity index (χ4n) is 2.54. The zero-order chi connectivity index (χ0) is 17.1. The molecule has 0 saturated carbocycles. The molecule has 0 radical (unpaired) electrons. The van der Waals surface area contributed by atoms with Crippen molar-refractivity contribution < 1.29 is 4.92 Å². The number of non-ortho nitro benzene ring substituents is 1. The fourth-order valence-corrected chi connectivity index (χ4v) is 3.63. The van der Waals surface area contributed by atoms with E-state index in [9.17, 15) is 10.1 Å². The van der Waals surface area contributed by atoms with Crippen LogP contribution < -0.4 is 0 Å². The van der Waals surface area contributed by atoms with Gasteiger partial charge in [-0.25, -0.2) is 4.98 Å². The summed E-state index contributed by atoms with van der Waals surface area (Å²) < 4.78 is 1.21. The van der Waals surface area contributed by atoms with Crippen LogP contribution in [0.15, 0.2) is 48.5 Å². The molecule has 0 saturated heterocycles. The molecule has 1 atom stereocenters. The summed E-state index contributed by atoms with van der Waals surface area (Å²) in [4.78, 5) is 17.3. The van der Waals surface area contributed by atoms with Gasteiger partial charge in [-0.3, -0.25) is 15.0 Å². The quantitative estimate of drug-likeness (QED) is 0.491. The second-order valence-electron chi connectivity index (χ2n) is 5.85. The van der Waals surface area contributed by atoms with Crippen molar-refractivity contribution in [3.63, 3.8) is 0 Å². The lowest BCUT2D eigenvalue weighted by Gasteiger charge is -2.22. The van der Waals surface area contributed by atoms with Gasteiger partial charge in [0.05, 0.1) is 21.2 Å². The van der Waals surface area contributed by atoms with Crippen molar-refractivity contribution in [1.29, 1.82) is 0 Å². The number of likely N-dealkylation sites (N-methyl/N-ethyl adjacent to an activating group) is 1. The maximum absolute atomic E-state index is 10.7. The number of para-hydroxylation sites is 1. The van der Waals surface area contributed by atoms with E-state index < -0.39 is 0 Å². The molecule has 1 heterocycles. The number of nitrogens with zero attached hydrogens (tertiary/aromatic N) is 3. The van der Waals surface area contributed by atoms with E-state index in [2.05, 4.69) is 24.9 Å². The molecule has 3 aromatic rings. The zero-order valence-corrected chi connectivity index (χ0v) is 14.5. The number of fused-ring (bicyclic) bond motifs is 1. The highest BCUT2D eigenvalue weighted by atomic mass is 32.1. The average Bonchev–Trinajstić information content (AvgIpc) is 3.03. The Hall–Kier alpha value is -2.31. The van der Waals surface area contributed by atoms with Gasteiger partial charge in [-0.2, -0.15) is 0 Å². The fraction of sp³-hybridized carbons (Fsp3) is 0.278. The molecule has 1 unspecified atom stereocenters. The Bertz CT molecular complexity index is 812. The highest BCUT2D eigenvalue weighted by Crippen LogP contribution is 2.28. The van der Waals surface area contributed by atoms with Gasteiger partial charge in [0.1, 0.15) is 5.01 Å². The smallest absolute Gasteiger partial charge is 0.269 e. The molecule has 0 N–H and O–H groups in total. The van der Waals surface area contributed by atoms with Gasteiger partial charge in [0, 0.05) is 18.7 Å². The summed E-state index contributed by atoms with van der Waals surface area (Å²) in [5, 5.41) is 11.8. The van der Waals surface area contributed by atoms with Crippen molar-refractivity contribution in [2.45, 2.75) is 19.4 Å². The van der Waals surface area contributed by atoms with Crippen LogP contribution in [0.5, 0.6) is 0 Å². The SMILES string of the molecule is CC(c1nc2ccccc2s1)N(C)CCc1ccc([N+](=O)[O-])cc1. The van der Waals surface area contributed by atoms with Gasteiger partial charge in [0.2, 0.25) is 0 Å². The number of nitro benzene ring substituents is 1. The van der Waals surface area contributed by atoms with Crippen LogP contribution in [0.25, 0.3) is 10.2 Å². The maximum atomic E-state index is 10.7. The topological polar surface area (TPSA) is 59.3 Å². The maximum Gasteiger partial charge on any atom is 0.269 e.